The molecule has 1 N–H and O–H groups in total. The number of methoxy groups -OCH3 is 2. The van der Waals surface area contributed by atoms with Gasteiger partial charge in [0, 0.05) is 5.69 Å². The van der Waals surface area contributed by atoms with Gasteiger partial charge in [0.05, 0.1) is 26.1 Å². The number of aliphatic hydroxyl groups excluding tert-OH is 1. The third-order valence-corrected chi connectivity index (χ3v) is 2.60. The highest BCUT2D eigenvalue weighted by atomic mass is 16.5. The van der Waals surface area contributed by atoms with Gasteiger partial charge in [0.25, 0.3) is 0 Å². The van der Waals surface area contributed by atoms with E-state index >= 15 is 0 Å². The summed E-state index contributed by atoms with van der Waals surface area (Å²) in [5.41, 5.74) is 1.62. The number of pyridine rings is 1. The van der Waals surface area contributed by atoms with Gasteiger partial charge >= 0.3 is 0 Å². The number of ether oxygens (including phenoxy) is 2. The average molecular weight is 261 g/mol. The van der Waals surface area contributed by atoms with Crippen LogP contribution in [0.1, 0.15) is 23.2 Å². The van der Waals surface area contributed by atoms with E-state index in [1.54, 1.807) is 6.07 Å². The van der Waals surface area contributed by atoms with Crippen molar-refractivity contribution in [3.8, 4) is 11.8 Å². The summed E-state index contributed by atoms with van der Waals surface area (Å²) in [7, 11) is 2.95. The van der Waals surface area contributed by atoms with Crippen molar-refractivity contribution in [1.82, 2.24) is 15.0 Å². The smallest absolute Gasteiger partial charge is 0.241 e. The maximum absolute atomic E-state index is 10.3. The summed E-state index contributed by atoms with van der Waals surface area (Å²) in [5.74, 6) is 0.542. The van der Waals surface area contributed by atoms with Gasteiger partial charge in [-0.2, -0.15) is 4.98 Å². The minimum Gasteiger partial charge on any atom is -0.480 e. The standard InChI is InChI=1S/C13H15N3O3/c1-8-5-4-6-9(15-8)12(17)11-13(19-3)16-10(18-2)7-14-11/h4-7,12,17H,1-3H3. The lowest BCUT2D eigenvalue weighted by Gasteiger charge is -2.13. The molecule has 0 aliphatic rings. The molecule has 100 valence electrons. The van der Waals surface area contributed by atoms with Gasteiger partial charge in [-0.05, 0) is 19.1 Å². The SMILES string of the molecule is COc1cnc(C(O)c2cccc(C)n2)c(OC)n1. The summed E-state index contributed by atoms with van der Waals surface area (Å²) in [6.07, 6.45) is 0.435. The molecule has 2 aromatic heterocycles. The lowest BCUT2D eigenvalue weighted by Crippen LogP contribution is -2.09. The second-order valence-electron chi connectivity index (χ2n) is 3.91. The largest absolute Gasteiger partial charge is 0.480 e. The Morgan fingerprint density at radius 2 is 1.95 bits per heavy atom. The predicted molar refractivity (Wildman–Crippen MR) is 68.2 cm³/mol. The van der Waals surface area contributed by atoms with E-state index in [1.807, 2.05) is 19.1 Å². The number of aromatic nitrogens is 3. The van der Waals surface area contributed by atoms with E-state index in [1.165, 1.54) is 20.4 Å². The Bertz CT molecular complexity index is 575. The van der Waals surface area contributed by atoms with Crippen LogP contribution in [0.2, 0.25) is 0 Å². The number of hydrogen-bond donors (Lipinski definition) is 1. The monoisotopic (exact) mass is 261 g/mol. The molecular formula is C13H15N3O3. The third-order valence-electron chi connectivity index (χ3n) is 2.60. The van der Waals surface area contributed by atoms with E-state index in [9.17, 15) is 5.11 Å². The van der Waals surface area contributed by atoms with Gasteiger partial charge in [-0.25, -0.2) is 4.98 Å². The Hall–Kier alpha value is -2.21. The van der Waals surface area contributed by atoms with Gasteiger partial charge < -0.3 is 14.6 Å². The van der Waals surface area contributed by atoms with Crippen LogP contribution in [0.5, 0.6) is 11.8 Å². The molecule has 2 aromatic rings. The van der Waals surface area contributed by atoms with Gasteiger partial charge in [-0.15, -0.1) is 0 Å². The molecular weight excluding hydrogens is 246 g/mol. The predicted octanol–water partition coefficient (Wildman–Crippen LogP) is 1.28. The summed E-state index contributed by atoms with van der Waals surface area (Å²) in [6, 6.07) is 5.40. The van der Waals surface area contributed by atoms with Crippen molar-refractivity contribution in [2.45, 2.75) is 13.0 Å². The third kappa shape index (κ3) is 2.79. The first-order chi connectivity index (χ1) is 9.15. The zero-order chi connectivity index (χ0) is 13.8. The van der Waals surface area contributed by atoms with Crippen LogP contribution in [0, 0.1) is 6.92 Å². The molecule has 0 amide bonds. The Kier molecular flexibility index (Phi) is 3.91. The van der Waals surface area contributed by atoms with Gasteiger partial charge in [-0.3, -0.25) is 4.98 Å². The average Bonchev–Trinajstić information content (AvgIpc) is 2.45. The van der Waals surface area contributed by atoms with Crippen LogP contribution < -0.4 is 9.47 Å². The molecule has 6 heteroatoms. The fourth-order valence-corrected chi connectivity index (χ4v) is 1.66. The highest BCUT2D eigenvalue weighted by Crippen LogP contribution is 2.27. The van der Waals surface area contributed by atoms with E-state index in [2.05, 4.69) is 15.0 Å². The van der Waals surface area contributed by atoms with Gasteiger partial charge in [0.15, 0.2) is 0 Å². The molecule has 0 fully saturated rings. The molecule has 0 saturated heterocycles. The molecule has 0 aliphatic heterocycles. The Morgan fingerprint density at radius 1 is 1.16 bits per heavy atom. The van der Waals surface area contributed by atoms with E-state index < -0.39 is 6.10 Å². The fourth-order valence-electron chi connectivity index (χ4n) is 1.66. The van der Waals surface area contributed by atoms with Gasteiger partial charge in [0.1, 0.15) is 11.8 Å². The van der Waals surface area contributed by atoms with Crippen molar-refractivity contribution >= 4 is 0 Å². The van der Waals surface area contributed by atoms with Crippen LogP contribution >= 0.6 is 0 Å². The Labute approximate surface area is 111 Å². The summed E-state index contributed by atoms with van der Waals surface area (Å²) < 4.78 is 10.1. The van der Waals surface area contributed by atoms with Gasteiger partial charge in [-0.1, -0.05) is 6.07 Å². The molecule has 19 heavy (non-hydrogen) atoms. The molecule has 2 rings (SSSR count). The van der Waals surface area contributed by atoms with Crippen LogP contribution in [0.25, 0.3) is 0 Å². The van der Waals surface area contributed by atoms with Crippen molar-refractivity contribution in [2.24, 2.45) is 0 Å². The fraction of sp³-hybridized carbons (Fsp3) is 0.308. The molecule has 0 bridgehead atoms. The highest BCUT2D eigenvalue weighted by molar-refractivity contribution is 5.30. The second kappa shape index (κ2) is 5.62. The summed E-state index contributed by atoms with van der Waals surface area (Å²) in [4.78, 5) is 12.5. The van der Waals surface area contributed by atoms with Crippen molar-refractivity contribution in [1.29, 1.82) is 0 Å². The zero-order valence-corrected chi connectivity index (χ0v) is 11.0. The van der Waals surface area contributed by atoms with E-state index in [0.29, 0.717) is 17.3 Å². The number of aliphatic hydroxyl groups is 1. The lowest BCUT2D eigenvalue weighted by molar-refractivity contribution is 0.202. The topological polar surface area (TPSA) is 77.4 Å². The Morgan fingerprint density at radius 3 is 2.58 bits per heavy atom. The summed E-state index contributed by atoms with van der Waals surface area (Å²) in [5, 5.41) is 10.3. The number of aryl methyl sites for hydroxylation is 1. The molecule has 2 heterocycles. The second-order valence-corrected chi connectivity index (χ2v) is 3.91. The van der Waals surface area contributed by atoms with Gasteiger partial charge in [0.2, 0.25) is 11.8 Å². The van der Waals surface area contributed by atoms with Crippen LogP contribution in [0.4, 0.5) is 0 Å². The quantitative estimate of drug-likeness (QED) is 0.893. The first-order valence-electron chi connectivity index (χ1n) is 5.72. The first-order valence-corrected chi connectivity index (χ1v) is 5.72. The highest BCUT2D eigenvalue weighted by Gasteiger charge is 2.20. The van der Waals surface area contributed by atoms with Crippen LogP contribution in [0.3, 0.4) is 0 Å². The maximum atomic E-state index is 10.3. The molecule has 1 unspecified atom stereocenters. The van der Waals surface area contributed by atoms with E-state index in [4.69, 9.17) is 9.47 Å². The Balaban J connectivity index is 2.40. The normalized spacial score (nSPS) is 12.0. The minimum atomic E-state index is -0.992. The lowest BCUT2D eigenvalue weighted by atomic mass is 10.1. The van der Waals surface area contributed by atoms with E-state index in [0.717, 1.165) is 5.69 Å². The zero-order valence-electron chi connectivity index (χ0n) is 11.0. The summed E-state index contributed by atoms with van der Waals surface area (Å²) in [6.45, 7) is 1.85. The van der Waals surface area contributed by atoms with Crippen molar-refractivity contribution < 1.29 is 14.6 Å². The molecule has 6 nitrogen and oxygen atoms in total. The molecule has 0 saturated carbocycles. The maximum Gasteiger partial charge on any atom is 0.241 e. The first kappa shape index (κ1) is 13.2. The molecule has 0 aliphatic carbocycles. The van der Waals surface area contributed by atoms with Crippen molar-refractivity contribution in [2.75, 3.05) is 14.2 Å². The van der Waals surface area contributed by atoms with Crippen LogP contribution in [-0.2, 0) is 0 Å². The number of rotatable bonds is 4. The summed E-state index contributed by atoms with van der Waals surface area (Å²) >= 11 is 0. The molecule has 0 spiro atoms. The van der Waals surface area contributed by atoms with Crippen molar-refractivity contribution in [3.63, 3.8) is 0 Å². The number of hydrogen-bond acceptors (Lipinski definition) is 6. The molecule has 0 aromatic carbocycles. The van der Waals surface area contributed by atoms with Crippen LogP contribution in [-0.4, -0.2) is 34.3 Å². The van der Waals surface area contributed by atoms with Crippen LogP contribution in [0.15, 0.2) is 24.4 Å². The van der Waals surface area contributed by atoms with Crippen molar-refractivity contribution in [3.05, 3.63) is 41.5 Å². The minimum absolute atomic E-state index is 0.218. The molecule has 0 radical (unpaired) electrons. The molecule has 1 atom stereocenters. The van der Waals surface area contributed by atoms with E-state index in [-0.39, 0.29) is 5.88 Å². The number of nitrogens with zero attached hydrogens (tertiary/aromatic N) is 3.